The summed E-state index contributed by atoms with van der Waals surface area (Å²) in [5.41, 5.74) is 1.15. The van der Waals surface area contributed by atoms with Crippen LogP contribution >= 0.6 is 0 Å². The lowest BCUT2D eigenvalue weighted by Gasteiger charge is -2.17. The van der Waals surface area contributed by atoms with E-state index in [9.17, 15) is 24.2 Å². The lowest BCUT2D eigenvalue weighted by Crippen LogP contribution is -2.26. The van der Waals surface area contributed by atoms with Crippen molar-refractivity contribution in [3.05, 3.63) is 41.3 Å². The number of carbonyl (C=O) groups excluding carboxylic acids is 1. The number of halogens is 1. The van der Waals surface area contributed by atoms with Gasteiger partial charge in [0.1, 0.15) is 12.4 Å². The van der Waals surface area contributed by atoms with Crippen molar-refractivity contribution in [3.63, 3.8) is 0 Å². The molecule has 2 aromatic rings. The largest absolute Gasteiger partial charge is 0.481 e. The molecule has 0 saturated carbocycles. The number of carboxylic acid groups (broad SMARTS) is 1. The van der Waals surface area contributed by atoms with E-state index >= 15 is 0 Å². The second kappa shape index (κ2) is 12.3. The topological polar surface area (TPSA) is 134 Å². The van der Waals surface area contributed by atoms with Crippen LogP contribution in [-0.4, -0.2) is 62.3 Å². The number of carboxylic acids is 1. The Balaban J connectivity index is 2.37. The van der Waals surface area contributed by atoms with E-state index in [4.69, 9.17) is 9.84 Å². The number of aliphatic hydroxyl groups excluding tert-OH is 2. The minimum atomic E-state index is -1.23. The summed E-state index contributed by atoms with van der Waals surface area (Å²) >= 11 is 0. The standard InChI is InChI=1S/C23H32FN3O6/c1-4-5-10-25-22(32)21-20(14(2)3)23(27(26-21)16-8-6-15(24)7-9-16)33-13-18(29)11-17(28)12-19(30)31/h6-9,14,17-18,28-29H,4-5,10-13H2,1-3H3,(H,25,32)(H,30,31). The van der Waals surface area contributed by atoms with E-state index in [0.29, 0.717) is 17.8 Å². The highest BCUT2D eigenvalue weighted by Crippen LogP contribution is 2.33. The molecule has 9 nitrogen and oxygen atoms in total. The number of hydrogen-bond acceptors (Lipinski definition) is 6. The minimum absolute atomic E-state index is 0.167. The van der Waals surface area contributed by atoms with Gasteiger partial charge >= 0.3 is 5.97 Å². The molecular weight excluding hydrogens is 433 g/mol. The Kier molecular flexibility index (Phi) is 9.80. The number of unbranched alkanes of at least 4 members (excludes halogenated alkanes) is 1. The van der Waals surface area contributed by atoms with Crippen LogP contribution in [0.5, 0.6) is 5.88 Å². The first-order valence-electron chi connectivity index (χ1n) is 11.0. The molecule has 10 heteroatoms. The van der Waals surface area contributed by atoms with Crippen LogP contribution in [0.15, 0.2) is 24.3 Å². The molecule has 0 aliphatic rings. The van der Waals surface area contributed by atoms with Gasteiger partial charge in [-0.05, 0) is 36.6 Å². The van der Waals surface area contributed by atoms with Gasteiger partial charge in [-0.2, -0.15) is 5.10 Å². The lowest BCUT2D eigenvalue weighted by atomic mass is 10.0. The summed E-state index contributed by atoms with van der Waals surface area (Å²) < 4.78 is 20.7. The van der Waals surface area contributed by atoms with Crippen LogP contribution in [0.25, 0.3) is 5.69 Å². The molecular formula is C23H32FN3O6. The van der Waals surface area contributed by atoms with Gasteiger partial charge in [0.25, 0.3) is 5.91 Å². The Morgan fingerprint density at radius 3 is 2.42 bits per heavy atom. The van der Waals surface area contributed by atoms with Gasteiger partial charge in [-0.25, -0.2) is 9.07 Å². The SMILES string of the molecule is CCCCNC(=O)c1nn(-c2ccc(F)cc2)c(OCC(O)CC(O)CC(=O)O)c1C(C)C. The monoisotopic (exact) mass is 465 g/mol. The normalized spacial score (nSPS) is 13.1. The molecule has 0 saturated heterocycles. The molecule has 0 radical (unpaired) electrons. The first-order chi connectivity index (χ1) is 15.6. The van der Waals surface area contributed by atoms with Crippen molar-refractivity contribution in [2.24, 2.45) is 0 Å². The zero-order chi connectivity index (χ0) is 24.5. The van der Waals surface area contributed by atoms with E-state index in [2.05, 4.69) is 10.4 Å². The van der Waals surface area contributed by atoms with Gasteiger partial charge in [-0.1, -0.05) is 27.2 Å². The molecule has 2 unspecified atom stereocenters. The Morgan fingerprint density at radius 1 is 1.18 bits per heavy atom. The first-order valence-corrected chi connectivity index (χ1v) is 11.0. The second-order valence-electron chi connectivity index (χ2n) is 8.17. The number of amides is 1. The molecule has 0 aliphatic carbocycles. The maximum Gasteiger partial charge on any atom is 0.305 e. The summed E-state index contributed by atoms with van der Waals surface area (Å²) in [5, 5.41) is 36.1. The number of ether oxygens (including phenoxy) is 1. The van der Waals surface area contributed by atoms with Crippen LogP contribution in [0, 0.1) is 5.82 Å². The minimum Gasteiger partial charge on any atom is -0.481 e. The van der Waals surface area contributed by atoms with Crippen molar-refractivity contribution >= 4 is 11.9 Å². The fourth-order valence-electron chi connectivity index (χ4n) is 3.30. The first kappa shape index (κ1) is 26.3. The summed E-state index contributed by atoms with van der Waals surface area (Å²) in [5.74, 6) is -1.93. The predicted octanol–water partition coefficient (Wildman–Crippen LogP) is 2.63. The third-order valence-corrected chi connectivity index (χ3v) is 4.92. The van der Waals surface area contributed by atoms with Gasteiger partial charge < -0.3 is 25.4 Å². The molecule has 1 heterocycles. The molecule has 33 heavy (non-hydrogen) atoms. The Hall–Kier alpha value is -2.98. The van der Waals surface area contributed by atoms with Gasteiger partial charge in [0.2, 0.25) is 5.88 Å². The maximum absolute atomic E-state index is 13.5. The van der Waals surface area contributed by atoms with Crippen molar-refractivity contribution in [2.45, 2.75) is 64.6 Å². The fourth-order valence-corrected chi connectivity index (χ4v) is 3.30. The Morgan fingerprint density at radius 2 is 1.85 bits per heavy atom. The molecule has 2 atom stereocenters. The molecule has 4 N–H and O–H groups in total. The number of nitrogens with zero attached hydrogens (tertiary/aromatic N) is 2. The van der Waals surface area contributed by atoms with Gasteiger partial charge in [-0.3, -0.25) is 9.59 Å². The summed E-state index contributed by atoms with van der Waals surface area (Å²) in [4.78, 5) is 23.6. The van der Waals surface area contributed by atoms with Crippen LogP contribution in [0.4, 0.5) is 4.39 Å². The summed E-state index contributed by atoms with van der Waals surface area (Å²) in [6.07, 6.45) is -1.34. The van der Waals surface area contributed by atoms with E-state index in [1.165, 1.54) is 28.9 Å². The zero-order valence-corrected chi connectivity index (χ0v) is 19.1. The summed E-state index contributed by atoms with van der Waals surface area (Å²) in [6, 6.07) is 5.50. The van der Waals surface area contributed by atoms with Crippen LogP contribution < -0.4 is 10.1 Å². The highest BCUT2D eigenvalue weighted by molar-refractivity contribution is 5.94. The number of carbonyl (C=O) groups is 2. The molecule has 0 aliphatic heterocycles. The van der Waals surface area contributed by atoms with Crippen LogP contribution in [0.3, 0.4) is 0 Å². The number of rotatable bonds is 13. The average molecular weight is 466 g/mol. The van der Waals surface area contributed by atoms with Crippen molar-refractivity contribution < 1.29 is 34.0 Å². The van der Waals surface area contributed by atoms with E-state index in [-0.39, 0.29) is 36.4 Å². The molecule has 1 amide bonds. The zero-order valence-electron chi connectivity index (χ0n) is 19.1. The van der Waals surface area contributed by atoms with Gasteiger partial charge in [-0.15, -0.1) is 0 Å². The van der Waals surface area contributed by atoms with Gasteiger partial charge in [0.15, 0.2) is 5.69 Å². The molecule has 1 aromatic carbocycles. The Bertz CT molecular complexity index is 929. The smallest absolute Gasteiger partial charge is 0.305 e. The predicted molar refractivity (Wildman–Crippen MR) is 119 cm³/mol. The van der Waals surface area contributed by atoms with E-state index in [1.807, 2.05) is 20.8 Å². The number of aromatic nitrogens is 2. The molecule has 0 spiro atoms. The number of benzene rings is 1. The lowest BCUT2D eigenvalue weighted by molar-refractivity contribution is -0.139. The van der Waals surface area contributed by atoms with Crippen molar-refractivity contribution in [3.8, 4) is 11.6 Å². The maximum atomic E-state index is 13.5. The highest BCUT2D eigenvalue weighted by Gasteiger charge is 2.28. The summed E-state index contributed by atoms with van der Waals surface area (Å²) in [7, 11) is 0. The molecule has 2 rings (SSSR count). The molecule has 182 valence electrons. The number of aliphatic hydroxyl groups is 2. The highest BCUT2D eigenvalue weighted by atomic mass is 19.1. The second-order valence-corrected chi connectivity index (χ2v) is 8.17. The molecule has 1 aromatic heterocycles. The van der Waals surface area contributed by atoms with Crippen LogP contribution in [-0.2, 0) is 4.79 Å². The molecule has 0 bridgehead atoms. The van der Waals surface area contributed by atoms with Gasteiger partial charge in [0, 0.05) is 18.5 Å². The van der Waals surface area contributed by atoms with Crippen molar-refractivity contribution in [1.29, 1.82) is 0 Å². The van der Waals surface area contributed by atoms with Crippen LogP contribution in [0.1, 0.15) is 68.4 Å². The van der Waals surface area contributed by atoms with Crippen molar-refractivity contribution in [2.75, 3.05) is 13.2 Å². The third-order valence-electron chi connectivity index (χ3n) is 4.92. The Labute approximate surface area is 192 Å². The fraction of sp³-hybridized carbons (Fsp3) is 0.522. The third kappa shape index (κ3) is 7.54. The number of nitrogens with one attached hydrogen (secondary N) is 1. The van der Waals surface area contributed by atoms with Crippen LogP contribution in [0.2, 0.25) is 0 Å². The van der Waals surface area contributed by atoms with Crippen molar-refractivity contribution in [1.82, 2.24) is 15.1 Å². The average Bonchev–Trinajstić information content (AvgIpc) is 3.12. The number of aliphatic carboxylic acids is 1. The van der Waals surface area contributed by atoms with E-state index in [1.54, 1.807) is 0 Å². The molecule has 0 fully saturated rings. The van der Waals surface area contributed by atoms with E-state index < -0.39 is 30.4 Å². The number of hydrogen-bond donors (Lipinski definition) is 4. The quantitative estimate of drug-likeness (QED) is 0.334. The van der Waals surface area contributed by atoms with E-state index in [0.717, 1.165) is 12.8 Å². The van der Waals surface area contributed by atoms with Gasteiger partial charge in [0.05, 0.1) is 24.3 Å². The summed E-state index contributed by atoms with van der Waals surface area (Å²) in [6.45, 7) is 5.98.